The Morgan fingerprint density at radius 1 is 1.00 bits per heavy atom. The fraction of sp³-hybridized carbons (Fsp3) is 1.00. The van der Waals surface area contributed by atoms with Crippen molar-refractivity contribution in [3.05, 3.63) is 0 Å². The molecule has 0 bridgehead atoms. The van der Waals surface area contributed by atoms with Crippen LogP contribution in [-0.4, -0.2) is 29.5 Å². The molecule has 2 fully saturated rings. The van der Waals surface area contributed by atoms with E-state index >= 15 is 0 Å². The Kier molecular flexibility index (Phi) is 4.83. The summed E-state index contributed by atoms with van der Waals surface area (Å²) in [7, 11) is 0. The minimum Gasteiger partial charge on any atom is -0.390 e. The summed E-state index contributed by atoms with van der Waals surface area (Å²) in [4.78, 5) is 0. The van der Waals surface area contributed by atoms with E-state index in [9.17, 15) is 5.11 Å². The molecule has 17 heavy (non-hydrogen) atoms. The van der Waals surface area contributed by atoms with Crippen LogP contribution in [0.4, 0.5) is 0 Å². The lowest BCUT2D eigenvalue weighted by Gasteiger charge is -2.35. The lowest BCUT2D eigenvalue weighted by Crippen LogP contribution is -2.47. The van der Waals surface area contributed by atoms with Gasteiger partial charge in [-0.3, -0.25) is 0 Å². The van der Waals surface area contributed by atoms with Crippen LogP contribution in [0.15, 0.2) is 0 Å². The van der Waals surface area contributed by atoms with Gasteiger partial charge < -0.3 is 15.6 Å². The maximum atomic E-state index is 10.00. The highest BCUT2D eigenvalue weighted by molar-refractivity contribution is 4.88. The van der Waals surface area contributed by atoms with E-state index in [1.165, 1.54) is 32.1 Å². The van der Waals surface area contributed by atoms with Crippen molar-refractivity contribution < 1.29 is 9.84 Å². The van der Waals surface area contributed by atoms with E-state index in [2.05, 4.69) is 0 Å². The monoisotopic (exact) mass is 241 g/mol. The zero-order chi connectivity index (χ0) is 12.1. The zero-order valence-corrected chi connectivity index (χ0v) is 10.9. The van der Waals surface area contributed by atoms with Gasteiger partial charge in [0.1, 0.15) is 0 Å². The Hall–Kier alpha value is -0.120. The summed E-state index contributed by atoms with van der Waals surface area (Å²) in [5.74, 6) is 0. The molecule has 2 aliphatic rings. The first-order chi connectivity index (χ1) is 8.20. The van der Waals surface area contributed by atoms with Gasteiger partial charge in [-0.25, -0.2) is 0 Å². The molecule has 2 saturated carbocycles. The van der Waals surface area contributed by atoms with Crippen molar-refractivity contribution in [3.63, 3.8) is 0 Å². The second-order valence-corrected chi connectivity index (χ2v) is 5.98. The van der Waals surface area contributed by atoms with Crippen molar-refractivity contribution in [1.29, 1.82) is 0 Å². The molecule has 0 aromatic heterocycles. The molecule has 0 spiro atoms. The molecule has 2 rings (SSSR count). The molecule has 0 amide bonds. The molecule has 0 heterocycles. The maximum Gasteiger partial charge on any atom is 0.0834 e. The minimum absolute atomic E-state index is 0.0276. The van der Waals surface area contributed by atoms with Crippen molar-refractivity contribution in [2.45, 2.75) is 82.0 Å². The highest BCUT2D eigenvalue weighted by atomic mass is 16.5. The number of ether oxygens (including phenoxy) is 1. The summed E-state index contributed by atoms with van der Waals surface area (Å²) >= 11 is 0. The fourth-order valence-electron chi connectivity index (χ4n) is 3.12. The Morgan fingerprint density at radius 2 is 1.65 bits per heavy atom. The van der Waals surface area contributed by atoms with E-state index in [1.54, 1.807) is 0 Å². The third-order valence-electron chi connectivity index (χ3n) is 4.35. The van der Waals surface area contributed by atoms with Gasteiger partial charge in [0.2, 0.25) is 0 Å². The molecule has 3 heteroatoms. The van der Waals surface area contributed by atoms with Crippen LogP contribution in [0.25, 0.3) is 0 Å². The number of hydrogen-bond acceptors (Lipinski definition) is 3. The van der Waals surface area contributed by atoms with Gasteiger partial charge >= 0.3 is 0 Å². The van der Waals surface area contributed by atoms with Gasteiger partial charge in [0.05, 0.1) is 18.8 Å². The van der Waals surface area contributed by atoms with E-state index < -0.39 is 0 Å². The first kappa shape index (κ1) is 13.3. The highest BCUT2D eigenvalue weighted by Gasteiger charge is 2.30. The molecular weight excluding hydrogens is 214 g/mol. The van der Waals surface area contributed by atoms with Crippen molar-refractivity contribution in [2.24, 2.45) is 5.73 Å². The van der Waals surface area contributed by atoms with Crippen LogP contribution in [0.3, 0.4) is 0 Å². The SMILES string of the molecule is NC1(COC2CCCCCC2O)CCCCC1. The number of aliphatic hydroxyl groups is 1. The summed E-state index contributed by atoms with van der Waals surface area (Å²) in [6.07, 6.45) is 11.1. The van der Waals surface area contributed by atoms with Crippen LogP contribution in [0, 0.1) is 0 Å². The summed E-state index contributed by atoms with van der Waals surface area (Å²) < 4.78 is 5.94. The Labute approximate surface area is 105 Å². The summed E-state index contributed by atoms with van der Waals surface area (Å²) in [5, 5.41) is 10.00. The highest BCUT2D eigenvalue weighted by Crippen LogP contribution is 2.28. The van der Waals surface area contributed by atoms with Gasteiger partial charge in [-0.1, -0.05) is 38.5 Å². The van der Waals surface area contributed by atoms with Crippen LogP contribution in [-0.2, 0) is 4.74 Å². The molecule has 0 aromatic carbocycles. The third kappa shape index (κ3) is 3.94. The fourth-order valence-corrected chi connectivity index (χ4v) is 3.12. The first-order valence-corrected chi connectivity index (χ1v) is 7.28. The van der Waals surface area contributed by atoms with Crippen molar-refractivity contribution in [3.8, 4) is 0 Å². The van der Waals surface area contributed by atoms with E-state index in [4.69, 9.17) is 10.5 Å². The van der Waals surface area contributed by atoms with Gasteiger partial charge in [0.15, 0.2) is 0 Å². The lowest BCUT2D eigenvalue weighted by molar-refractivity contribution is -0.0606. The molecule has 100 valence electrons. The largest absolute Gasteiger partial charge is 0.390 e. The quantitative estimate of drug-likeness (QED) is 0.746. The number of nitrogens with two attached hydrogens (primary N) is 1. The standard InChI is InChI=1S/C14H27NO2/c15-14(9-5-2-6-10-14)11-17-13-8-4-1-3-7-12(13)16/h12-13,16H,1-11,15H2. The molecule has 3 N–H and O–H groups in total. The van der Waals surface area contributed by atoms with Gasteiger partial charge in [-0.15, -0.1) is 0 Å². The number of hydrogen-bond donors (Lipinski definition) is 2. The smallest absolute Gasteiger partial charge is 0.0834 e. The molecule has 0 aromatic rings. The van der Waals surface area contributed by atoms with Gasteiger partial charge in [0.25, 0.3) is 0 Å². The van der Waals surface area contributed by atoms with Gasteiger partial charge in [-0.05, 0) is 25.7 Å². The molecule has 2 atom stereocenters. The number of aliphatic hydroxyl groups excluding tert-OH is 1. The second-order valence-electron chi connectivity index (χ2n) is 5.98. The summed E-state index contributed by atoms with van der Waals surface area (Å²) in [5.41, 5.74) is 6.23. The second kappa shape index (κ2) is 6.17. The molecule has 0 radical (unpaired) electrons. The summed E-state index contributed by atoms with van der Waals surface area (Å²) in [6.45, 7) is 0.634. The van der Waals surface area contributed by atoms with Crippen molar-refractivity contribution in [1.82, 2.24) is 0 Å². The van der Waals surface area contributed by atoms with E-state index in [0.717, 1.165) is 32.1 Å². The number of rotatable bonds is 3. The van der Waals surface area contributed by atoms with Crippen molar-refractivity contribution in [2.75, 3.05) is 6.61 Å². The molecule has 2 aliphatic carbocycles. The lowest BCUT2D eigenvalue weighted by atomic mass is 9.83. The molecule has 0 aliphatic heterocycles. The van der Waals surface area contributed by atoms with Gasteiger partial charge in [0, 0.05) is 5.54 Å². The molecule has 3 nitrogen and oxygen atoms in total. The molecular formula is C14H27NO2. The summed E-state index contributed by atoms with van der Waals surface area (Å²) in [6, 6.07) is 0. The van der Waals surface area contributed by atoms with Gasteiger partial charge in [-0.2, -0.15) is 0 Å². The Balaban J connectivity index is 1.79. The van der Waals surface area contributed by atoms with E-state index in [1.807, 2.05) is 0 Å². The van der Waals surface area contributed by atoms with Crippen LogP contribution in [0.2, 0.25) is 0 Å². The maximum absolute atomic E-state index is 10.00. The normalized spacial score (nSPS) is 34.2. The first-order valence-electron chi connectivity index (χ1n) is 7.28. The zero-order valence-electron chi connectivity index (χ0n) is 10.9. The average molecular weight is 241 g/mol. The van der Waals surface area contributed by atoms with Crippen molar-refractivity contribution >= 4 is 0 Å². The topological polar surface area (TPSA) is 55.5 Å². The minimum atomic E-state index is -0.273. The third-order valence-corrected chi connectivity index (χ3v) is 4.35. The predicted molar refractivity (Wildman–Crippen MR) is 68.8 cm³/mol. The van der Waals surface area contributed by atoms with E-state index in [-0.39, 0.29) is 17.7 Å². The Morgan fingerprint density at radius 3 is 2.41 bits per heavy atom. The van der Waals surface area contributed by atoms with Crippen LogP contribution in [0.5, 0.6) is 0 Å². The Bertz CT molecular complexity index is 226. The van der Waals surface area contributed by atoms with Crippen LogP contribution >= 0.6 is 0 Å². The van der Waals surface area contributed by atoms with E-state index in [0.29, 0.717) is 6.61 Å². The van der Waals surface area contributed by atoms with Crippen LogP contribution < -0.4 is 5.73 Å². The molecule has 0 saturated heterocycles. The molecule has 2 unspecified atom stereocenters. The van der Waals surface area contributed by atoms with Crippen LogP contribution in [0.1, 0.15) is 64.2 Å². The average Bonchev–Trinajstić information content (AvgIpc) is 2.53. The predicted octanol–water partition coefficient (Wildman–Crippen LogP) is 2.36.